The summed E-state index contributed by atoms with van der Waals surface area (Å²) in [7, 11) is -2.33. The number of nitrogens with zero attached hydrogens (tertiary/aromatic N) is 5. The van der Waals surface area contributed by atoms with Crippen molar-refractivity contribution in [2.24, 2.45) is 5.92 Å². The van der Waals surface area contributed by atoms with E-state index >= 15 is 0 Å². The van der Waals surface area contributed by atoms with Gasteiger partial charge in [0.05, 0.1) is 42.1 Å². The Kier molecular flexibility index (Phi) is 9.90. The maximum absolute atomic E-state index is 13.5. The zero-order valence-corrected chi connectivity index (χ0v) is 23.9. The molecular weight excluding hydrogens is 534 g/mol. The summed E-state index contributed by atoms with van der Waals surface area (Å²) in [4.78, 5) is 14.8. The Bertz CT molecular complexity index is 1350. The highest BCUT2D eigenvalue weighted by atomic mass is 32.2. The molecule has 2 heterocycles. The van der Waals surface area contributed by atoms with Gasteiger partial charge in [0.15, 0.2) is 0 Å². The van der Waals surface area contributed by atoms with Crippen LogP contribution >= 0.6 is 0 Å². The molecule has 0 spiro atoms. The standard InChI is InChI=1S/C28H37N5O6S/c1-21-17-32(22(2)19-34)28(35)10-7-15-33-23(16-29-30-33)20-38-27(21)18-31(3)40(36,37)26-13-11-25(12-14-26)39-24-8-5-4-6-9-24/h4-6,8-9,11-14,16,21-22,27,34H,7,10,15,17-20H2,1-3H3/t21-,22+,27-/m0/s1. The van der Waals surface area contributed by atoms with E-state index in [4.69, 9.17) is 9.47 Å². The molecule has 3 atom stereocenters. The average Bonchev–Trinajstić information content (AvgIpc) is 3.40. The van der Waals surface area contributed by atoms with E-state index < -0.39 is 16.1 Å². The Morgan fingerprint density at radius 3 is 2.55 bits per heavy atom. The summed E-state index contributed by atoms with van der Waals surface area (Å²) in [5, 5.41) is 17.9. The van der Waals surface area contributed by atoms with Crippen LogP contribution in [0.2, 0.25) is 0 Å². The van der Waals surface area contributed by atoms with E-state index in [2.05, 4.69) is 10.3 Å². The fourth-order valence-electron chi connectivity index (χ4n) is 4.58. The fraction of sp³-hybridized carbons (Fsp3) is 0.464. The summed E-state index contributed by atoms with van der Waals surface area (Å²) in [6.45, 7) is 4.63. The van der Waals surface area contributed by atoms with Crippen LogP contribution in [0.1, 0.15) is 32.4 Å². The molecule has 0 bridgehead atoms. The van der Waals surface area contributed by atoms with Gasteiger partial charge in [0, 0.05) is 39.0 Å². The highest BCUT2D eigenvalue weighted by Crippen LogP contribution is 2.25. The van der Waals surface area contributed by atoms with Gasteiger partial charge in [0.25, 0.3) is 0 Å². The van der Waals surface area contributed by atoms with E-state index in [1.54, 1.807) is 34.8 Å². The number of amides is 1. The number of sulfonamides is 1. The quantitative estimate of drug-likeness (QED) is 0.437. The molecule has 40 heavy (non-hydrogen) atoms. The summed E-state index contributed by atoms with van der Waals surface area (Å²) in [6, 6.07) is 15.2. The number of carbonyl (C=O) groups excluding carboxylic acids is 1. The number of aromatic nitrogens is 3. The molecule has 1 aromatic heterocycles. The Morgan fingerprint density at radius 2 is 1.85 bits per heavy atom. The van der Waals surface area contributed by atoms with Gasteiger partial charge in [-0.2, -0.15) is 4.31 Å². The second-order valence-corrected chi connectivity index (χ2v) is 12.2. The zero-order chi connectivity index (χ0) is 28.7. The van der Waals surface area contributed by atoms with Crippen LogP contribution in [-0.4, -0.2) is 82.5 Å². The summed E-state index contributed by atoms with van der Waals surface area (Å²) in [5.41, 5.74) is 0.755. The van der Waals surface area contributed by atoms with Crippen LogP contribution < -0.4 is 4.74 Å². The first kappa shape index (κ1) is 29.7. The third-order valence-electron chi connectivity index (χ3n) is 7.09. The smallest absolute Gasteiger partial charge is 0.242 e. The molecule has 1 aliphatic heterocycles. The Morgan fingerprint density at radius 1 is 1.15 bits per heavy atom. The minimum Gasteiger partial charge on any atom is -0.457 e. The minimum atomic E-state index is -3.85. The van der Waals surface area contributed by atoms with Gasteiger partial charge < -0.3 is 19.5 Å². The first-order valence-corrected chi connectivity index (χ1v) is 14.8. The highest BCUT2D eigenvalue weighted by molar-refractivity contribution is 7.89. The molecule has 0 saturated heterocycles. The molecular formula is C28H37N5O6S. The number of hydrogen-bond donors (Lipinski definition) is 1. The van der Waals surface area contributed by atoms with Crippen molar-refractivity contribution in [2.75, 3.05) is 26.7 Å². The van der Waals surface area contributed by atoms with Gasteiger partial charge in [-0.05, 0) is 49.7 Å². The van der Waals surface area contributed by atoms with Gasteiger partial charge in [0.2, 0.25) is 15.9 Å². The number of aliphatic hydroxyl groups is 1. The van der Waals surface area contributed by atoms with Crippen molar-refractivity contribution in [2.45, 2.75) is 56.9 Å². The van der Waals surface area contributed by atoms with Crippen LogP contribution in [0, 0.1) is 5.92 Å². The molecule has 0 saturated carbocycles. The predicted octanol–water partition coefficient (Wildman–Crippen LogP) is 2.92. The molecule has 3 aromatic rings. The van der Waals surface area contributed by atoms with Crippen molar-refractivity contribution in [1.29, 1.82) is 0 Å². The van der Waals surface area contributed by atoms with Gasteiger partial charge in [-0.15, -0.1) is 5.10 Å². The molecule has 2 aromatic carbocycles. The number of aryl methyl sites for hydroxylation is 1. The van der Waals surface area contributed by atoms with Gasteiger partial charge in [-0.25, -0.2) is 13.1 Å². The molecule has 12 heteroatoms. The van der Waals surface area contributed by atoms with E-state index in [0.29, 0.717) is 37.4 Å². The Balaban J connectivity index is 1.52. The SMILES string of the molecule is C[C@H](CO)N1C[C@H](C)[C@H](CN(C)S(=O)(=O)c2ccc(Oc3ccccc3)cc2)OCc2cnnn2CCCC1=O. The maximum atomic E-state index is 13.5. The maximum Gasteiger partial charge on any atom is 0.242 e. The van der Waals surface area contributed by atoms with E-state index in [1.807, 2.05) is 37.3 Å². The summed E-state index contributed by atoms with van der Waals surface area (Å²) >= 11 is 0. The molecule has 0 fully saturated rings. The zero-order valence-electron chi connectivity index (χ0n) is 23.1. The third-order valence-corrected chi connectivity index (χ3v) is 8.93. The number of hydrogen-bond acceptors (Lipinski definition) is 8. The molecule has 1 N–H and O–H groups in total. The molecule has 0 radical (unpaired) electrons. The second-order valence-electron chi connectivity index (χ2n) is 10.1. The molecule has 4 rings (SSSR count). The summed E-state index contributed by atoms with van der Waals surface area (Å²) < 4.78 is 42.0. The molecule has 1 amide bonds. The molecule has 11 nitrogen and oxygen atoms in total. The van der Waals surface area contributed by atoms with Crippen molar-refractivity contribution >= 4 is 15.9 Å². The van der Waals surface area contributed by atoms with Crippen LogP contribution in [-0.2, 0) is 32.7 Å². The number of para-hydroxylation sites is 1. The number of aliphatic hydroxyl groups excluding tert-OH is 1. The highest BCUT2D eigenvalue weighted by Gasteiger charge is 2.31. The summed E-state index contributed by atoms with van der Waals surface area (Å²) in [5.74, 6) is 0.870. The van der Waals surface area contributed by atoms with Gasteiger partial charge in [-0.3, -0.25) is 4.79 Å². The normalized spacial score (nSPS) is 19.9. The lowest BCUT2D eigenvalue weighted by atomic mass is 10.0. The van der Waals surface area contributed by atoms with Crippen molar-refractivity contribution in [3.8, 4) is 11.5 Å². The number of ether oxygens (including phenoxy) is 2. The van der Waals surface area contributed by atoms with Crippen LogP contribution in [0.25, 0.3) is 0 Å². The summed E-state index contributed by atoms with van der Waals surface area (Å²) in [6.07, 6.45) is 1.96. The van der Waals surface area contributed by atoms with E-state index in [9.17, 15) is 18.3 Å². The van der Waals surface area contributed by atoms with Gasteiger partial charge in [-0.1, -0.05) is 30.3 Å². The number of rotatable bonds is 8. The van der Waals surface area contributed by atoms with Crippen LogP contribution in [0.4, 0.5) is 0 Å². The van der Waals surface area contributed by atoms with Crippen molar-refractivity contribution in [3.05, 3.63) is 66.5 Å². The number of likely N-dealkylation sites (N-methyl/N-ethyl adjacent to an activating group) is 1. The van der Waals surface area contributed by atoms with Crippen molar-refractivity contribution in [3.63, 3.8) is 0 Å². The monoisotopic (exact) mass is 571 g/mol. The number of benzene rings is 2. The lowest BCUT2D eigenvalue weighted by Crippen LogP contribution is -2.47. The first-order chi connectivity index (χ1) is 19.2. The molecule has 216 valence electrons. The molecule has 1 aliphatic rings. The fourth-order valence-corrected chi connectivity index (χ4v) is 5.76. The Hall–Kier alpha value is -3.32. The van der Waals surface area contributed by atoms with Crippen LogP contribution in [0.3, 0.4) is 0 Å². The predicted molar refractivity (Wildman–Crippen MR) is 148 cm³/mol. The Labute approximate surface area is 235 Å². The van der Waals surface area contributed by atoms with Gasteiger partial charge in [0.1, 0.15) is 11.5 Å². The van der Waals surface area contributed by atoms with Crippen LogP contribution in [0.5, 0.6) is 11.5 Å². The topological polar surface area (TPSA) is 127 Å². The minimum absolute atomic E-state index is 0.0584. The number of carbonyl (C=O) groups is 1. The largest absolute Gasteiger partial charge is 0.457 e. The third kappa shape index (κ3) is 7.25. The lowest BCUT2D eigenvalue weighted by molar-refractivity contribution is -0.136. The van der Waals surface area contributed by atoms with Crippen molar-refractivity contribution in [1.82, 2.24) is 24.2 Å². The van der Waals surface area contributed by atoms with Crippen LogP contribution in [0.15, 0.2) is 65.7 Å². The van der Waals surface area contributed by atoms with E-state index in [-0.39, 0.29) is 42.5 Å². The van der Waals surface area contributed by atoms with Gasteiger partial charge >= 0.3 is 0 Å². The number of fused-ring (bicyclic) bond motifs is 1. The average molecular weight is 572 g/mol. The van der Waals surface area contributed by atoms with Crippen molar-refractivity contribution < 1.29 is 27.8 Å². The molecule has 0 unspecified atom stereocenters. The first-order valence-electron chi connectivity index (χ1n) is 13.4. The van der Waals surface area contributed by atoms with E-state index in [1.165, 1.54) is 23.5 Å². The molecule has 0 aliphatic carbocycles. The van der Waals surface area contributed by atoms with E-state index in [0.717, 1.165) is 5.69 Å². The lowest BCUT2D eigenvalue weighted by Gasteiger charge is -2.35. The second kappa shape index (κ2) is 13.4.